The molecule has 0 aliphatic carbocycles. The van der Waals surface area contributed by atoms with Crippen LogP contribution in [-0.2, 0) is 4.79 Å². The van der Waals surface area contributed by atoms with Crippen LogP contribution >= 0.6 is 23.4 Å². The minimum atomic E-state index is -0.415. The Labute approximate surface area is 198 Å². The molecule has 1 spiro atoms. The molecule has 4 rings (SSSR count). The van der Waals surface area contributed by atoms with E-state index in [1.54, 1.807) is 25.3 Å². The van der Waals surface area contributed by atoms with Crippen LogP contribution < -0.4 is 10.1 Å². The van der Waals surface area contributed by atoms with Crippen LogP contribution in [0.5, 0.6) is 5.75 Å². The number of nitrogens with zero attached hydrogens (tertiary/aromatic N) is 3. The summed E-state index contributed by atoms with van der Waals surface area (Å²) >= 11 is 7.50. The number of hydrogen-bond donors (Lipinski definition) is 1. The van der Waals surface area contributed by atoms with E-state index in [9.17, 15) is 4.79 Å². The van der Waals surface area contributed by atoms with Crippen molar-refractivity contribution in [3.63, 3.8) is 0 Å². The Balaban J connectivity index is 1.51. The molecule has 2 aromatic carbocycles. The molecule has 0 bridgehead atoms. The highest BCUT2D eigenvalue weighted by Gasteiger charge is 2.39. The van der Waals surface area contributed by atoms with E-state index in [0.29, 0.717) is 16.5 Å². The summed E-state index contributed by atoms with van der Waals surface area (Å²) in [4.78, 5) is 25.2. The van der Waals surface area contributed by atoms with Gasteiger partial charge in [-0.25, -0.2) is 4.99 Å². The van der Waals surface area contributed by atoms with Crippen molar-refractivity contribution in [2.24, 2.45) is 9.98 Å². The van der Waals surface area contributed by atoms with Crippen LogP contribution in [0.25, 0.3) is 0 Å². The van der Waals surface area contributed by atoms with Crippen LogP contribution in [0.4, 0.5) is 5.69 Å². The first kappa shape index (κ1) is 22.8. The van der Waals surface area contributed by atoms with Crippen LogP contribution in [0, 0.1) is 6.92 Å². The van der Waals surface area contributed by atoms with Crippen LogP contribution in [0.3, 0.4) is 0 Å². The Hall–Kier alpha value is -2.35. The summed E-state index contributed by atoms with van der Waals surface area (Å²) in [5, 5.41) is 4.25. The smallest absolute Gasteiger partial charge is 0.234 e. The van der Waals surface area contributed by atoms with Gasteiger partial charge in [0.15, 0.2) is 5.66 Å². The van der Waals surface area contributed by atoms with E-state index in [1.165, 1.54) is 17.3 Å². The minimum Gasteiger partial charge on any atom is -0.495 e. The number of benzene rings is 2. The number of thioether (sulfide) groups is 1. The average Bonchev–Trinajstić information content (AvgIpc) is 3.13. The van der Waals surface area contributed by atoms with Gasteiger partial charge in [0.2, 0.25) is 5.91 Å². The minimum absolute atomic E-state index is 0.147. The number of aliphatic imine (C=N–C) groups is 2. The highest BCUT2D eigenvalue weighted by molar-refractivity contribution is 8.16. The van der Waals surface area contributed by atoms with Crippen LogP contribution in [0.1, 0.15) is 24.0 Å². The van der Waals surface area contributed by atoms with Crippen molar-refractivity contribution in [3.8, 4) is 5.75 Å². The number of nitrogens with one attached hydrogen (secondary N) is 1. The molecule has 1 fully saturated rings. The van der Waals surface area contributed by atoms with Gasteiger partial charge in [0.1, 0.15) is 10.8 Å². The maximum Gasteiger partial charge on any atom is 0.234 e. The standard InChI is InChI=1S/C24H27ClN4O2S/c1-16-4-6-17(7-5-16)22-23(28-24(27-22)10-12-29(2)13-11-24)32-15-21(30)26-19-14-18(25)8-9-20(19)31-3/h4-9,14H,10-13,15H2,1-3H3,(H,26,30). The Kier molecular flexibility index (Phi) is 6.88. The third-order valence-electron chi connectivity index (χ3n) is 5.72. The fraction of sp³-hybridized carbons (Fsp3) is 0.375. The number of carbonyl (C=O) groups is 1. The summed E-state index contributed by atoms with van der Waals surface area (Å²) in [6.45, 7) is 3.99. The number of likely N-dealkylation sites (tertiary alicyclic amines) is 1. The second kappa shape index (κ2) is 9.65. The zero-order valence-corrected chi connectivity index (χ0v) is 20.1. The molecule has 2 aliphatic rings. The molecule has 1 saturated heterocycles. The molecule has 0 unspecified atom stereocenters. The van der Waals surface area contributed by atoms with Crippen LogP contribution in [0.15, 0.2) is 52.4 Å². The summed E-state index contributed by atoms with van der Waals surface area (Å²) in [5.74, 6) is 0.638. The van der Waals surface area contributed by atoms with Crippen molar-refractivity contribution in [1.29, 1.82) is 0 Å². The average molecular weight is 471 g/mol. The molecule has 1 amide bonds. The molecular formula is C24H27ClN4O2S. The van der Waals surface area contributed by atoms with E-state index < -0.39 is 5.66 Å². The lowest BCUT2D eigenvalue weighted by atomic mass is 9.99. The maximum absolute atomic E-state index is 12.7. The van der Waals surface area contributed by atoms with Gasteiger partial charge >= 0.3 is 0 Å². The van der Waals surface area contributed by atoms with E-state index in [4.69, 9.17) is 26.3 Å². The van der Waals surface area contributed by atoms with Gasteiger partial charge in [0, 0.05) is 36.5 Å². The third kappa shape index (κ3) is 5.17. The van der Waals surface area contributed by atoms with E-state index in [0.717, 1.165) is 42.3 Å². The van der Waals surface area contributed by atoms with Crippen molar-refractivity contribution in [3.05, 3.63) is 58.6 Å². The molecule has 1 N–H and O–H groups in total. The van der Waals surface area contributed by atoms with Crippen molar-refractivity contribution < 1.29 is 9.53 Å². The normalized spacial score (nSPS) is 17.8. The second-order valence-electron chi connectivity index (χ2n) is 8.21. The number of ether oxygens (including phenoxy) is 1. The zero-order chi connectivity index (χ0) is 22.7. The van der Waals surface area contributed by atoms with Gasteiger partial charge in [-0.3, -0.25) is 9.79 Å². The van der Waals surface area contributed by atoms with Crippen molar-refractivity contribution in [2.45, 2.75) is 25.4 Å². The van der Waals surface area contributed by atoms with E-state index >= 15 is 0 Å². The molecule has 0 atom stereocenters. The summed E-state index contributed by atoms with van der Waals surface area (Å²) < 4.78 is 5.32. The molecule has 8 heteroatoms. The predicted molar refractivity (Wildman–Crippen MR) is 134 cm³/mol. The number of anilines is 1. The third-order valence-corrected chi connectivity index (χ3v) is 6.92. The molecule has 2 aliphatic heterocycles. The van der Waals surface area contributed by atoms with Gasteiger partial charge in [-0.1, -0.05) is 53.2 Å². The number of halogens is 1. The quantitative estimate of drug-likeness (QED) is 0.690. The number of carbonyl (C=O) groups excluding carboxylic acids is 1. The first-order chi connectivity index (χ1) is 15.4. The highest BCUT2D eigenvalue weighted by Crippen LogP contribution is 2.35. The summed E-state index contributed by atoms with van der Waals surface area (Å²) in [6.07, 6.45) is 1.77. The van der Waals surface area contributed by atoms with Gasteiger partial charge in [0.05, 0.1) is 24.3 Å². The highest BCUT2D eigenvalue weighted by atomic mass is 35.5. The Bertz CT molecular complexity index is 1060. The summed E-state index contributed by atoms with van der Waals surface area (Å²) in [6, 6.07) is 13.5. The number of hydrogen-bond acceptors (Lipinski definition) is 6. The summed E-state index contributed by atoms with van der Waals surface area (Å²) in [5.41, 5.74) is 3.25. The number of aryl methyl sites for hydroxylation is 1. The molecule has 0 saturated carbocycles. The second-order valence-corrected chi connectivity index (χ2v) is 9.61. The maximum atomic E-state index is 12.7. The van der Waals surface area contributed by atoms with Crippen molar-refractivity contribution in [2.75, 3.05) is 38.3 Å². The first-order valence-electron chi connectivity index (χ1n) is 10.6. The molecule has 0 aromatic heterocycles. The number of methoxy groups -OCH3 is 1. The van der Waals surface area contributed by atoms with Crippen LogP contribution in [0.2, 0.25) is 5.02 Å². The van der Waals surface area contributed by atoms with E-state index in [-0.39, 0.29) is 11.7 Å². The van der Waals surface area contributed by atoms with Gasteiger partial charge in [-0.15, -0.1) is 0 Å². The Morgan fingerprint density at radius 3 is 2.59 bits per heavy atom. The Morgan fingerprint density at radius 2 is 1.91 bits per heavy atom. The fourth-order valence-corrected chi connectivity index (χ4v) is 4.87. The molecular weight excluding hydrogens is 444 g/mol. The van der Waals surface area contributed by atoms with Gasteiger partial charge < -0.3 is 15.0 Å². The molecule has 2 heterocycles. The lowest BCUT2D eigenvalue weighted by Crippen LogP contribution is -2.39. The van der Waals surface area contributed by atoms with Crippen molar-refractivity contribution in [1.82, 2.24) is 4.90 Å². The van der Waals surface area contributed by atoms with E-state index in [1.807, 2.05) is 0 Å². The Morgan fingerprint density at radius 1 is 1.19 bits per heavy atom. The molecule has 168 valence electrons. The predicted octanol–water partition coefficient (Wildman–Crippen LogP) is 4.65. The summed E-state index contributed by atoms with van der Waals surface area (Å²) in [7, 11) is 3.69. The number of amides is 1. The van der Waals surface area contributed by atoms with E-state index in [2.05, 4.69) is 48.5 Å². The van der Waals surface area contributed by atoms with Crippen LogP contribution in [-0.4, -0.2) is 60.2 Å². The molecule has 6 nitrogen and oxygen atoms in total. The molecule has 0 radical (unpaired) electrons. The SMILES string of the molecule is COc1ccc(Cl)cc1NC(=O)CSC1=NC2(CCN(C)CC2)N=C1c1ccc(C)cc1. The zero-order valence-electron chi connectivity index (χ0n) is 18.5. The lowest BCUT2D eigenvalue weighted by Gasteiger charge is -2.33. The monoisotopic (exact) mass is 470 g/mol. The fourth-order valence-electron chi connectivity index (χ4n) is 3.82. The first-order valence-corrected chi connectivity index (χ1v) is 12.0. The van der Waals surface area contributed by atoms with Crippen molar-refractivity contribution >= 4 is 45.7 Å². The number of rotatable bonds is 5. The lowest BCUT2D eigenvalue weighted by molar-refractivity contribution is -0.113. The molecule has 32 heavy (non-hydrogen) atoms. The van der Waals surface area contributed by atoms with Gasteiger partial charge in [-0.05, 0) is 32.2 Å². The number of piperidine rings is 1. The molecule has 2 aromatic rings. The van der Waals surface area contributed by atoms with Gasteiger partial charge in [-0.2, -0.15) is 0 Å². The topological polar surface area (TPSA) is 66.3 Å². The largest absolute Gasteiger partial charge is 0.495 e. The van der Waals surface area contributed by atoms with Gasteiger partial charge in [0.25, 0.3) is 0 Å².